The van der Waals surface area contributed by atoms with Gasteiger partial charge in [0.1, 0.15) is 5.75 Å². The first-order chi connectivity index (χ1) is 14.0. The summed E-state index contributed by atoms with van der Waals surface area (Å²) in [5.74, 6) is 1.52. The third kappa shape index (κ3) is 4.66. The van der Waals surface area contributed by atoms with E-state index in [2.05, 4.69) is 10.3 Å². The fourth-order valence-electron chi connectivity index (χ4n) is 2.98. The van der Waals surface area contributed by atoms with Gasteiger partial charge in [-0.05, 0) is 24.6 Å². The first-order valence-electron chi connectivity index (χ1n) is 9.10. The second-order valence-electron chi connectivity index (χ2n) is 6.35. The van der Waals surface area contributed by atoms with Gasteiger partial charge in [-0.15, -0.1) is 0 Å². The van der Waals surface area contributed by atoms with Gasteiger partial charge >= 0.3 is 0 Å². The fourth-order valence-corrected chi connectivity index (χ4v) is 2.98. The SMILES string of the molecule is COc1cccc(NC(=O)CCCn2cnc3cc(OC)c(OC)cc3c2=O)c1. The van der Waals surface area contributed by atoms with E-state index in [1.807, 2.05) is 0 Å². The van der Waals surface area contributed by atoms with E-state index in [1.54, 1.807) is 43.5 Å². The Hall–Kier alpha value is -3.55. The first-order valence-corrected chi connectivity index (χ1v) is 9.10. The highest BCUT2D eigenvalue weighted by molar-refractivity contribution is 5.90. The predicted octanol–water partition coefficient (Wildman–Crippen LogP) is 2.84. The number of nitrogens with zero attached hydrogens (tertiary/aromatic N) is 2. The molecule has 0 aliphatic rings. The van der Waals surface area contributed by atoms with Crippen molar-refractivity contribution in [3.63, 3.8) is 0 Å². The minimum atomic E-state index is -0.191. The summed E-state index contributed by atoms with van der Waals surface area (Å²) < 4.78 is 17.1. The molecular formula is C21H23N3O5. The summed E-state index contributed by atoms with van der Waals surface area (Å²) in [7, 11) is 4.61. The van der Waals surface area contributed by atoms with Crippen molar-refractivity contribution < 1.29 is 19.0 Å². The molecule has 3 rings (SSSR count). The smallest absolute Gasteiger partial charge is 0.261 e. The Labute approximate surface area is 168 Å². The number of ether oxygens (including phenoxy) is 3. The molecule has 0 saturated heterocycles. The lowest BCUT2D eigenvalue weighted by atomic mass is 10.2. The number of amides is 1. The zero-order valence-corrected chi connectivity index (χ0v) is 16.6. The average molecular weight is 397 g/mol. The molecule has 0 aliphatic carbocycles. The Morgan fingerprint density at radius 3 is 2.55 bits per heavy atom. The van der Waals surface area contributed by atoms with Crippen LogP contribution < -0.4 is 25.1 Å². The summed E-state index contributed by atoms with van der Waals surface area (Å²) in [6.07, 6.45) is 2.25. The number of hydrogen-bond acceptors (Lipinski definition) is 6. The number of hydrogen-bond donors (Lipinski definition) is 1. The summed E-state index contributed by atoms with van der Waals surface area (Å²) in [5.41, 5.74) is 1.00. The summed E-state index contributed by atoms with van der Waals surface area (Å²) >= 11 is 0. The van der Waals surface area contributed by atoms with Crippen molar-refractivity contribution in [1.29, 1.82) is 0 Å². The van der Waals surface area contributed by atoms with Crippen LogP contribution in [-0.4, -0.2) is 36.8 Å². The van der Waals surface area contributed by atoms with Gasteiger partial charge in [-0.3, -0.25) is 14.2 Å². The molecule has 1 heterocycles. The van der Waals surface area contributed by atoms with Crippen LogP contribution in [0, 0.1) is 0 Å². The number of rotatable bonds is 8. The van der Waals surface area contributed by atoms with Crippen molar-refractivity contribution in [2.75, 3.05) is 26.6 Å². The molecule has 8 heteroatoms. The second-order valence-corrected chi connectivity index (χ2v) is 6.35. The molecule has 1 aromatic heterocycles. The van der Waals surface area contributed by atoms with Gasteiger partial charge in [-0.25, -0.2) is 4.98 Å². The van der Waals surface area contributed by atoms with Gasteiger partial charge in [0.25, 0.3) is 5.56 Å². The van der Waals surface area contributed by atoms with Gasteiger partial charge in [0.2, 0.25) is 5.91 Å². The van der Waals surface area contributed by atoms with Crippen LogP contribution in [0.2, 0.25) is 0 Å². The van der Waals surface area contributed by atoms with Gasteiger partial charge in [-0.2, -0.15) is 0 Å². The Balaban J connectivity index is 1.66. The number of benzene rings is 2. The second kappa shape index (κ2) is 9.09. The molecule has 0 atom stereocenters. The zero-order valence-electron chi connectivity index (χ0n) is 16.6. The maximum absolute atomic E-state index is 12.7. The van der Waals surface area contributed by atoms with E-state index in [9.17, 15) is 9.59 Å². The highest BCUT2D eigenvalue weighted by Crippen LogP contribution is 2.29. The average Bonchev–Trinajstić information content (AvgIpc) is 2.74. The third-order valence-electron chi connectivity index (χ3n) is 4.49. The Morgan fingerprint density at radius 1 is 1.07 bits per heavy atom. The van der Waals surface area contributed by atoms with Crippen LogP contribution >= 0.6 is 0 Å². The highest BCUT2D eigenvalue weighted by atomic mass is 16.5. The van der Waals surface area contributed by atoms with Crippen LogP contribution in [-0.2, 0) is 11.3 Å². The molecule has 29 heavy (non-hydrogen) atoms. The fraction of sp³-hybridized carbons (Fsp3) is 0.286. The minimum Gasteiger partial charge on any atom is -0.497 e. The number of methoxy groups -OCH3 is 3. The predicted molar refractivity (Wildman–Crippen MR) is 110 cm³/mol. The van der Waals surface area contributed by atoms with Crippen molar-refractivity contribution >= 4 is 22.5 Å². The Bertz CT molecular complexity index is 1080. The van der Waals surface area contributed by atoms with E-state index >= 15 is 0 Å². The van der Waals surface area contributed by atoms with Crippen molar-refractivity contribution in [1.82, 2.24) is 9.55 Å². The molecule has 0 bridgehead atoms. The summed E-state index contributed by atoms with van der Waals surface area (Å²) in [6.45, 7) is 0.377. The van der Waals surface area contributed by atoms with E-state index in [0.29, 0.717) is 46.8 Å². The lowest BCUT2D eigenvalue weighted by Crippen LogP contribution is -2.22. The molecule has 0 saturated carbocycles. The largest absolute Gasteiger partial charge is 0.497 e. The molecule has 1 amide bonds. The van der Waals surface area contributed by atoms with Crippen LogP contribution in [0.5, 0.6) is 17.2 Å². The van der Waals surface area contributed by atoms with E-state index in [0.717, 1.165) is 0 Å². The lowest BCUT2D eigenvalue weighted by Gasteiger charge is -2.11. The lowest BCUT2D eigenvalue weighted by molar-refractivity contribution is -0.116. The molecule has 1 N–H and O–H groups in total. The van der Waals surface area contributed by atoms with Gasteiger partial charge in [-0.1, -0.05) is 6.07 Å². The van der Waals surface area contributed by atoms with Gasteiger partial charge in [0.05, 0.1) is 38.6 Å². The Kier molecular flexibility index (Phi) is 6.33. The molecule has 2 aromatic carbocycles. The van der Waals surface area contributed by atoms with Crippen LogP contribution in [0.25, 0.3) is 10.9 Å². The number of fused-ring (bicyclic) bond motifs is 1. The monoisotopic (exact) mass is 397 g/mol. The minimum absolute atomic E-state index is 0.133. The van der Waals surface area contributed by atoms with Gasteiger partial charge < -0.3 is 19.5 Å². The number of aromatic nitrogens is 2. The maximum atomic E-state index is 12.7. The molecule has 0 aliphatic heterocycles. The van der Waals surface area contributed by atoms with E-state index in [1.165, 1.54) is 25.1 Å². The number of anilines is 1. The number of nitrogens with one attached hydrogen (secondary N) is 1. The number of carbonyl (C=O) groups is 1. The molecule has 0 spiro atoms. The quantitative estimate of drug-likeness (QED) is 0.628. The van der Waals surface area contributed by atoms with Crippen LogP contribution in [0.1, 0.15) is 12.8 Å². The van der Waals surface area contributed by atoms with Crippen LogP contribution in [0.15, 0.2) is 47.5 Å². The molecule has 8 nitrogen and oxygen atoms in total. The topological polar surface area (TPSA) is 91.7 Å². The normalized spacial score (nSPS) is 10.6. The highest BCUT2D eigenvalue weighted by Gasteiger charge is 2.11. The molecular weight excluding hydrogens is 374 g/mol. The summed E-state index contributed by atoms with van der Waals surface area (Å²) in [4.78, 5) is 29.2. The van der Waals surface area contributed by atoms with Crippen molar-refractivity contribution in [3.05, 3.63) is 53.1 Å². The molecule has 0 fully saturated rings. The first kappa shape index (κ1) is 20.2. The Morgan fingerprint density at radius 2 is 1.83 bits per heavy atom. The summed E-state index contributed by atoms with van der Waals surface area (Å²) in [6, 6.07) is 10.4. The van der Waals surface area contributed by atoms with Crippen molar-refractivity contribution in [2.24, 2.45) is 0 Å². The number of aryl methyl sites for hydroxylation is 1. The van der Waals surface area contributed by atoms with E-state index in [4.69, 9.17) is 14.2 Å². The number of carbonyl (C=O) groups excluding carboxylic acids is 1. The zero-order chi connectivity index (χ0) is 20.8. The van der Waals surface area contributed by atoms with Crippen molar-refractivity contribution in [2.45, 2.75) is 19.4 Å². The molecule has 0 unspecified atom stereocenters. The molecule has 3 aromatic rings. The van der Waals surface area contributed by atoms with Crippen LogP contribution in [0.3, 0.4) is 0 Å². The summed E-state index contributed by atoms with van der Waals surface area (Å²) in [5, 5.41) is 3.26. The standard InChI is InChI=1S/C21H23N3O5/c1-27-15-7-4-6-14(10-15)23-20(25)8-5-9-24-13-22-17-12-19(29-3)18(28-2)11-16(17)21(24)26/h4,6-7,10-13H,5,8-9H2,1-3H3,(H,23,25). The van der Waals surface area contributed by atoms with E-state index in [-0.39, 0.29) is 17.9 Å². The van der Waals surface area contributed by atoms with E-state index < -0.39 is 0 Å². The molecule has 152 valence electrons. The van der Waals surface area contributed by atoms with Gasteiger partial charge in [0.15, 0.2) is 11.5 Å². The maximum Gasteiger partial charge on any atom is 0.261 e. The molecule has 0 radical (unpaired) electrons. The van der Waals surface area contributed by atoms with Crippen molar-refractivity contribution in [3.8, 4) is 17.2 Å². The van der Waals surface area contributed by atoms with Gasteiger partial charge in [0, 0.05) is 30.8 Å². The van der Waals surface area contributed by atoms with Crippen LogP contribution in [0.4, 0.5) is 5.69 Å². The third-order valence-corrected chi connectivity index (χ3v) is 4.49.